The Morgan fingerprint density at radius 1 is 0.917 bits per heavy atom. The van der Waals surface area contributed by atoms with Gasteiger partial charge in [0.2, 0.25) is 0 Å². The summed E-state index contributed by atoms with van der Waals surface area (Å²) < 4.78 is 51.0. The average molecular weight is 465 g/mol. The van der Waals surface area contributed by atoms with Gasteiger partial charge in [0.05, 0.1) is 0 Å². The third kappa shape index (κ3) is 387. The van der Waals surface area contributed by atoms with Crippen LogP contribution in [0.25, 0.3) is 0 Å². The molecule has 0 aromatic carbocycles. The Morgan fingerprint density at radius 3 is 0.917 bits per heavy atom. The maximum absolute atomic E-state index is 8.50. The molecule has 0 aliphatic rings. The first-order valence-electron chi connectivity index (χ1n) is 1.22. The summed E-state index contributed by atoms with van der Waals surface area (Å²) in [5.74, 6) is 0. The standard InChI is InChI=1S/2Fe.2Mo.6O.H2S2/c;;;;;;;;;;1-2/h;;;;;;;;;;1-2H/q;;;+1;;;;;;;/p-1. The van der Waals surface area contributed by atoms with Crippen LogP contribution in [0.4, 0.5) is 0 Å². The number of hydrogen-bond acceptors (Lipinski definition) is 8. The molecule has 0 bridgehead atoms. The van der Waals surface area contributed by atoms with Gasteiger partial charge in [-0.05, 0) is 0 Å². The van der Waals surface area contributed by atoms with Crippen molar-refractivity contribution in [3.8, 4) is 0 Å². The second kappa shape index (κ2) is 23.1. The zero-order valence-corrected chi connectivity index (χ0v) is 12.8. The monoisotopic (exact) mass is 469 g/mol. The van der Waals surface area contributed by atoms with Crippen LogP contribution in [0.15, 0.2) is 0 Å². The summed E-state index contributed by atoms with van der Waals surface area (Å²) in [5.41, 5.74) is 0. The molecule has 0 radical (unpaired) electrons. The number of thiol groups is 1. The van der Waals surface area contributed by atoms with Gasteiger partial charge in [0.15, 0.2) is 0 Å². The molecule has 0 heterocycles. The molecule has 6 nitrogen and oxygen atoms in total. The van der Waals surface area contributed by atoms with Crippen molar-refractivity contribution in [3.05, 3.63) is 0 Å². The van der Waals surface area contributed by atoms with Crippen molar-refractivity contribution in [1.29, 1.82) is 0 Å². The fraction of sp³-hybridized carbons (Fsp3) is 0. The van der Waals surface area contributed by atoms with E-state index in [1.54, 1.807) is 0 Å². The van der Waals surface area contributed by atoms with Crippen molar-refractivity contribution in [2.75, 3.05) is 0 Å². The van der Waals surface area contributed by atoms with E-state index in [0.29, 0.717) is 0 Å². The Hall–Kier alpha value is 1.92. The van der Waals surface area contributed by atoms with Crippen molar-refractivity contribution >= 4 is 20.2 Å². The molecule has 12 heavy (non-hydrogen) atoms. The van der Waals surface area contributed by atoms with Crippen LogP contribution in [0.2, 0.25) is 0 Å². The number of hydrogen-bond donors (Lipinski definition) is 1. The summed E-state index contributed by atoms with van der Waals surface area (Å²) in [7, 11) is 1.45. The molecule has 0 saturated carbocycles. The van der Waals surface area contributed by atoms with Crippen LogP contribution >= 0.6 is 20.2 Å². The Labute approximate surface area is 109 Å². The molecular weight excluding hydrogens is 464 g/mol. The molecule has 0 rings (SSSR count). The van der Waals surface area contributed by atoms with Crippen molar-refractivity contribution in [1.82, 2.24) is 0 Å². The van der Waals surface area contributed by atoms with Gasteiger partial charge in [0, 0.05) is 21.1 Å². The Balaban J connectivity index is -0.0000000389. The van der Waals surface area contributed by atoms with Gasteiger partial charge in [0.1, 0.15) is 0 Å². The molecule has 0 atom stereocenters. The fourth-order valence-corrected chi connectivity index (χ4v) is 0. The molecule has 0 unspecified atom stereocenters. The molecule has 0 spiro atoms. The van der Waals surface area contributed by atoms with Crippen LogP contribution in [0.1, 0.15) is 0 Å². The van der Waals surface area contributed by atoms with Gasteiger partial charge < -0.3 is 0 Å². The Morgan fingerprint density at radius 2 is 0.917 bits per heavy atom. The van der Waals surface area contributed by atoms with Gasteiger partial charge in [0.25, 0.3) is 0 Å². The van der Waals surface area contributed by atoms with Crippen LogP contribution in [0.3, 0.4) is 0 Å². The van der Waals surface area contributed by atoms with Gasteiger partial charge in [-0.1, -0.05) is 0 Å². The quantitative estimate of drug-likeness (QED) is 0.313. The predicted molar refractivity (Wildman–Crippen MR) is 20.7 cm³/mol. The molecule has 0 aliphatic heterocycles. The van der Waals surface area contributed by atoms with Gasteiger partial charge in [-0.2, -0.15) is 0 Å². The van der Waals surface area contributed by atoms with Crippen LogP contribution in [0, 0.1) is 0 Å². The third-order valence-corrected chi connectivity index (χ3v) is 0. The van der Waals surface area contributed by atoms with E-state index in [-0.39, 0.29) is 21.1 Å². The molecule has 0 aromatic heterocycles. The molecule has 12 heteroatoms. The van der Waals surface area contributed by atoms with Gasteiger partial charge in [-0.3, -0.25) is 0 Å². The minimum absolute atomic E-state index is 0. The summed E-state index contributed by atoms with van der Waals surface area (Å²) in [5, 5.41) is 0. The third-order valence-electron chi connectivity index (χ3n) is 0. The first-order valence-corrected chi connectivity index (χ1v) is 8.17. The van der Waals surface area contributed by atoms with Crippen LogP contribution < -0.4 is 0 Å². The van der Waals surface area contributed by atoms with E-state index in [1.807, 2.05) is 18.5 Å². The van der Waals surface area contributed by atoms with Crippen LogP contribution in [-0.2, 0) is 90.0 Å². The molecule has 0 saturated heterocycles. The second-order valence-electron chi connectivity index (χ2n) is 0.428. The van der Waals surface area contributed by atoms with Crippen molar-refractivity contribution in [2.24, 2.45) is 0 Å². The summed E-state index contributed by atoms with van der Waals surface area (Å²) in [6, 6.07) is 0. The van der Waals surface area contributed by atoms with Gasteiger partial charge >= 0.3 is 89.1 Å². The SMILES string of the molecule is S[S][Mo].[Mo].[O]=[Fe](=[O])=[O].[O]=[Fe](=[O])=[O]. The van der Waals surface area contributed by atoms with E-state index in [0.717, 1.165) is 0 Å². The van der Waals surface area contributed by atoms with Crippen molar-refractivity contribution in [2.45, 2.75) is 0 Å². The first-order chi connectivity index (χ1) is 4.88. The topological polar surface area (TPSA) is 102 Å². The Kier molecular flexibility index (Phi) is 45.4. The molecule has 0 fully saturated rings. The van der Waals surface area contributed by atoms with Crippen molar-refractivity contribution < 1.29 is 90.0 Å². The van der Waals surface area contributed by atoms with Crippen LogP contribution in [0.5, 0.6) is 0 Å². The minimum atomic E-state index is -3.50. The van der Waals surface area contributed by atoms with E-state index in [9.17, 15) is 0 Å². The zero-order valence-electron chi connectivity index (χ0n) is 4.83. The molecule has 0 aliphatic carbocycles. The van der Waals surface area contributed by atoms with Crippen molar-refractivity contribution in [3.63, 3.8) is 0 Å². The van der Waals surface area contributed by atoms with E-state index < -0.39 is 27.4 Å². The van der Waals surface area contributed by atoms with E-state index >= 15 is 0 Å². The zero-order chi connectivity index (χ0) is 9.86. The van der Waals surface area contributed by atoms with E-state index in [2.05, 4.69) is 11.7 Å². The molecule has 0 aromatic rings. The van der Waals surface area contributed by atoms with Gasteiger partial charge in [-0.15, -0.1) is 0 Å². The molecule has 77 valence electrons. The molecule has 0 amide bonds. The van der Waals surface area contributed by atoms with Crippen LogP contribution in [-0.4, -0.2) is 0 Å². The van der Waals surface area contributed by atoms with E-state index in [4.69, 9.17) is 23.0 Å². The maximum atomic E-state index is 8.50. The fourth-order valence-electron chi connectivity index (χ4n) is 0. The van der Waals surface area contributed by atoms with E-state index in [1.165, 1.54) is 8.50 Å². The Bertz CT molecular complexity index is 203. The summed E-state index contributed by atoms with van der Waals surface area (Å²) in [4.78, 5) is 0. The summed E-state index contributed by atoms with van der Waals surface area (Å²) >= 11 is -1.44. The summed E-state index contributed by atoms with van der Waals surface area (Å²) in [6.45, 7) is 0. The summed E-state index contributed by atoms with van der Waals surface area (Å²) in [6.07, 6.45) is 0. The van der Waals surface area contributed by atoms with Gasteiger partial charge in [-0.25, -0.2) is 0 Å². The number of rotatable bonds is 0. The molecular formula is HFe2Mo2O6S2. The molecule has 0 N–H and O–H groups in total. The first kappa shape index (κ1) is 23.6. The normalized spacial score (nSPS) is 6.92. The second-order valence-corrected chi connectivity index (χ2v) is 5.43. The average Bonchev–Trinajstić information content (AvgIpc) is 1.60. The predicted octanol–water partition coefficient (Wildman–Crippen LogP) is 0.306.